The number of aryl methyl sites for hydroxylation is 1. The molecule has 2 heteroatoms. The first-order valence-electron chi connectivity index (χ1n) is 5.79. The minimum Gasteiger partial charge on any atom is -0.384 e. The molecule has 16 heavy (non-hydrogen) atoms. The lowest BCUT2D eigenvalue weighted by Gasteiger charge is -2.42. The van der Waals surface area contributed by atoms with Crippen molar-refractivity contribution in [3.8, 4) is 0 Å². The molecule has 2 rings (SSSR count). The fraction of sp³-hybridized carbons (Fsp3) is 0.571. The lowest BCUT2D eigenvalue weighted by atomic mass is 9.77. The normalized spacial score (nSPS) is 29.0. The first kappa shape index (κ1) is 12.0. The fourth-order valence-corrected chi connectivity index (χ4v) is 4.01. The Morgan fingerprint density at radius 2 is 1.88 bits per heavy atom. The molecule has 1 saturated heterocycles. The highest BCUT2D eigenvalue weighted by Gasteiger charge is 2.40. The Balaban J connectivity index is 2.35. The van der Waals surface area contributed by atoms with Gasteiger partial charge in [-0.3, -0.25) is 0 Å². The van der Waals surface area contributed by atoms with Gasteiger partial charge in [0.15, 0.2) is 0 Å². The zero-order valence-corrected chi connectivity index (χ0v) is 11.1. The number of thioether (sulfide) groups is 1. The molecule has 0 bridgehead atoms. The van der Waals surface area contributed by atoms with Crippen molar-refractivity contribution in [2.75, 3.05) is 11.5 Å². The maximum Gasteiger partial charge on any atom is 0.0994 e. The Kier molecular flexibility index (Phi) is 3.06. The molecule has 0 amide bonds. The molecule has 1 atom stereocenters. The van der Waals surface area contributed by atoms with Crippen LogP contribution in [0.3, 0.4) is 0 Å². The molecule has 1 aliphatic heterocycles. The lowest BCUT2D eigenvalue weighted by molar-refractivity contribution is 0.0151. The third-order valence-corrected chi connectivity index (χ3v) is 4.92. The highest BCUT2D eigenvalue weighted by Crippen LogP contribution is 2.44. The zero-order chi connectivity index (χ0) is 11.8. The van der Waals surface area contributed by atoms with E-state index < -0.39 is 5.60 Å². The van der Waals surface area contributed by atoms with E-state index in [-0.39, 0.29) is 5.41 Å². The van der Waals surface area contributed by atoms with Gasteiger partial charge in [0.1, 0.15) is 0 Å². The molecule has 1 aromatic carbocycles. The number of aliphatic hydroxyl groups is 1. The molecule has 0 aromatic heterocycles. The van der Waals surface area contributed by atoms with E-state index in [1.54, 1.807) is 0 Å². The van der Waals surface area contributed by atoms with Crippen LogP contribution in [0.5, 0.6) is 0 Å². The molecule has 1 N–H and O–H groups in total. The van der Waals surface area contributed by atoms with Gasteiger partial charge in [0, 0.05) is 5.75 Å². The van der Waals surface area contributed by atoms with Crippen molar-refractivity contribution in [2.24, 2.45) is 5.41 Å². The summed E-state index contributed by atoms with van der Waals surface area (Å²) in [5.41, 5.74) is 1.89. The predicted molar refractivity (Wildman–Crippen MR) is 70.8 cm³/mol. The van der Waals surface area contributed by atoms with Crippen LogP contribution in [0.2, 0.25) is 0 Å². The van der Waals surface area contributed by atoms with Gasteiger partial charge < -0.3 is 5.11 Å². The topological polar surface area (TPSA) is 20.2 Å². The number of benzene rings is 1. The quantitative estimate of drug-likeness (QED) is 0.807. The summed E-state index contributed by atoms with van der Waals surface area (Å²) in [6.07, 6.45) is 0.859. The molecule has 0 aliphatic carbocycles. The Hall–Kier alpha value is -0.470. The Labute approximate surface area is 102 Å². The lowest BCUT2D eigenvalue weighted by Crippen LogP contribution is -2.40. The van der Waals surface area contributed by atoms with E-state index in [1.807, 2.05) is 23.9 Å². The van der Waals surface area contributed by atoms with Crippen LogP contribution in [0.15, 0.2) is 24.3 Å². The van der Waals surface area contributed by atoms with Gasteiger partial charge in [0.2, 0.25) is 0 Å². The van der Waals surface area contributed by atoms with Crippen LogP contribution < -0.4 is 0 Å². The molecule has 1 nitrogen and oxygen atoms in total. The van der Waals surface area contributed by atoms with Crippen LogP contribution in [-0.2, 0) is 5.60 Å². The summed E-state index contributed by atoms with van der Waals surface area (Å²) < 4.78 is 0. The molecule has 0 radical (unpaired) electrons. The molecule has 88 valence electrons. The molecule has 1 unspecified atom stereocenters. The highest BCUT2D eigenvalue weighted by molar-refractivity contribution is 7.99. The molecule has 1 heterocycles. The van der Waals surface area contributed by atoms with Crippen LogP contribution in [0, 0.1) is 12.3 Å². The summed E-state index contributed by atoms with van der Waals surface area (Å²) in [6, 6.07) is 8.20. The van der Waals surface area contributed by atoms with Gasteiger partial charge in [-0.2, -0.15) is 11.8 Å². The van der Waals surface area contributed by atoms with E-state index in [4.69, 9.17) is 0 Å². The predicted octanol–water partition coefficient (Wildman–Crippen LogP) is 3.35. The van der Waals surface area contributed by atoms with Gasteiger partial charge in [0.25, 0.3) is 0 Å². The van der Waals surface area contributed by atoms with Crippen LogP contribution in [0.4, 0.5) is 0 Å². The van der Waals surface area contributed by atoms with Gasteiger partial charge >= 0.3 is 0 Å². The van der Waals surface area contributed by atoms with Gasteiger partial charge in [-0.15, -0.1) is 0 Å². The van der Waals surface area contributed by atoms with Crippen molar-refractivity contribution in [1.29, 1.82) is 0 Å². The maximum absolute atomic E-state index is 10.8. The van der Waals surface area contributed by atoms with Gasteiger partial charge in [-0.1, -0.05) is 38.1 Å². The molecular formula is C14H20OS. The van der Waals surface area contributed by atoms with Gasteiger partial charge in [0.05, 0.1) is 5.60 Å². The van der Waals surface area contributed by atoms with Crippen molar-refractivity contribution in [3.05, 3.63) is 35.4 Å². The summed E-state index contributed by atoms with van der Waals surface area (Å²) in [7, 11) is 0. The van der Waals surface area contributed by atoms with E-state index >= 15 is 0 Å². The summed E-state index contributed by atoms with van der Waals surface area (Å²) >= 11 is 1.86. The van der Waals surface area contributed by atoms with E-state index in [0.29, 0.717) is 0 Å². The van der Waals surface area contributed by atoms with Crippen molar-refractivity contribution in [1.82, 2.24) is 0 Å². The third kappa shape index (κ3) is 2.28. The van der Waals surface area contributed by atoms with E-state index in [0.717, 1.165) is 23.5 Å². The molecular weight excluding hydrogens is 216 g/mol. The molecule has 1 aromatic rings. The minimum absolute atomic E-state index is 0.222. The maximum atomic E-state index is 10.8. The summed E-state index contributed by atoms with van der Waals surface area (Å²) in [5.74, 6) is 1.96. The highest BCUT2D eigenvalue weighted by atomic mass is 32.2. The van der Waals surface area contributed by atoms with E-state index in [2.05, 4.69) is 32.9 Å². The van der Waals surface area contributed by atoms with Gasteiger partial charge in [-0.05, 0) is 35.6 Å². The van der Waals surface area contributed by atoms with E-state index in [9.17, 15) is 5.11 Å². The smallest absolute Gasteiger partial charge is 0.0994 e. The SMILES string of the molecule is Cc1ccccc1C1(O)CSCC(C)(C)C1. The van der Waals surface area contributed by atoms with Crippen LogP contribution in [0.1, 0.15) is 31.4 Å². The monoisotopic (exact) mass is 236 g/mol. The average molecular weight is 236 g/mol. The fourth-order valence-electron chi connectivity index (χ4n) is 2.66. The Bertz CT molecular complexity index is 386. The number of hydrogen-bond donors (Lipinski definition) is 1. The average Bonchev–Trinajstić information content (AvgIpc) is 2.16. The number of rotatable bonds is 1. The van der Waals surface area contributed by atoms with E-state index in [1.165, 1.54) is 5.56 Å². The second kappa shape index (κ2) is 4.08. The van der Waals surface area contributed by atoms with Crippen molar-refractivity contribution in [3.63, 3.8) is 0 Å². The first-order valence-corrected chi connectivity index (χ1v) is 6.95. The standard InChI is InChI=1S/C14H20OS/c1-11-6-4-5-7-12(11)14(15)8-13(2,3)9-16-10-14/h4-7,15H,8-10H2,1-3H3. The molecule has 1 fully saturated rings. The Morgan fingerprint density at radius 3 is 2.50 bits per heavy atom. The largest absolute Gasteiger partial charge is 0.384 e. The summed E-state index contributed by atoms with van der Waals surface area (Å²) in [5, 5.41) is 10.8. The molecule has 0 spiro atoms. The second-order valence-corrected chi connectivity index (χ2v) is 6.67. The minimum atomic E-state index is -0.641. The van der Waals surface area contributed by atoms with Crippen molar-refractivity contribution >= 4 is 11.8 Å². The zero-order valence-electron chi connectivity index (χ0n) is 10.3. The Morgan fingerprint density at radius 1 is 1.19 bits per heavy atom. The first-order chi connectivity index (χ1) is 7.43. The third-order valence-electron chi connectivity index (χ3n) is 3.25. The van der Waals surface area contributed by atoms with Gasteiger partial charge in [-0.25, -0.2) is 0 Å². The summed E-state index contributed by atoms with van der Waals surface area (Å²) in [4.78, 5) is 0. The molecule has 1 aliphatic rings. The van der Waals surface area contributed by atoms with Crippen molar-refractivity contribution < 1.29 is 5.11 Å². The summed E-state index contributed by atoms with van der Waals surface area (Å²) in [6.45, 7) is 6.56. The van der Waals surface area contributed by atoms with Crippen LogP contribution >= 0.6 is 11.8 Å². The molecule has 0 saturated carbocycles. The van der Waals surface area contributed by atoms with Crippen LogP contribution in [0.25, 0.3) is 0 Å². The second-order valence-electron chi connectivity index (χ2n) is 5.68. The van der Waals surface area contributed by atoms with Crippen LogP contribution in [-0.4, -0.2) is 16.6 Å². The van der Waals surface area contributed by atoms with Crippen molar-refractivity contribution in [2.45, 2.75) is 32.8 Å². The number of hydrogen-bond acceptors (Lipinski definition) is 2.